The summed E-state index contributed by atoms with van der Waals surface area (Å²) in [5.41, 5.74) is 0.920. The second-order valence-corrected chi connectivity index (χ2v) is 4.95. The molecule has 0 bridgehead atoms. The number of methoxy groups -OCH3 is 1. The minimum atomic E-state index is -0.213. The SMILES string of the molecule is COC1CCCC(OCCNc2ccc(F)cc2)C1. The van der Waals surface area contributed by atoms with Gasteiger partial charge in [0.1, 0.15) is 5.82 Å². The molecule has 2 atom stereocenters. The molecule has 0 spiro atoms. The van der Waals surface area contributed by atoms with Crippen LogP contribution in [0.5, 0.6) is 0 Å². The highest BCUT2D eigenvalue weighted by Crippen LogP contribution is 2.22. The van der Waals surface area contributed by atoms with Gasteiger partial charge in [-0.1, -0.05) is 0 Å². The summed E-state index contributed by atoms with van der Waals surface area (Å²) in [6.07, 6.45) is 5.10. The topological polar surface area (TPSA) is 30.5 Å². The van der Waals surface area contributed by atoms with Gasteiger partial charge in [0.25, 0.3) is 0 Å². The summed E-state index contributed by atoms with van der Waals surface area (Å²) in [5, 5.41) is 3.21. The summed E-state index contributed by atoms with van der Waals surface area (Å²) < 4.78 is 23.9. The fourth-order valence-corrected chi connectivity index (χ4v) is 2.46. The highest BCUT2D eigenvalue weighted by molar-refractivity contribution is 5.42. The van der Waals surface area contributed by atoms with Gasteiger partial charge in [0.2, 0.25) is 0 Å². The quantitative estimate of drug-likeness (QED) is 0.803. The molecule has 1 aliphatic carbocycles. The van der Waals surface area contributed by atoms with Crippen LogP contribution in [0, 0.1) is 5.82 Å². The van der Waals surface area contributed by atoms with Crippen LogP contribution in [0.1, 0.15) is 25.7 Å². The van der Waals surface area contributed by atoms with E-state index in [2.05, 4.69) is 5.32 Å². The molecule has 0 saturated heterocycles. The molecule has 0 heterocycles. The standard InChI is InChI=1S/C15H22FNO2/c1-18-14-3-2-4-15(11-14)19-10-9-17-13-7-5-12(16)6-8-13/h5-8,14-15,17H,2-4,9-11H2,1H3. The summed E-state index contributed by atoms with van der Waals surface area (Å²) in [7, 11) is 1.77. The van der Waals surface area contributed by atoms with Gasteiger partial charge in [0.15, 0.2) is 0 Å². The molecule has 2 unspecified atom stereocenters. The number of halogens is 1. The van der Waals surface area contributed by atoms with Crippen molar-refractivity contribution < 1.29 is 13.9 Å². The van der Waals surface area contributed by atoms with Gasteiger partial charge < -0.3 is 14.8 Å². The molecule has 1 saturated carbocycles. The molecule has 4 heteroatoms. The summed E-state index contributed by atoms with van der Waals surface area (Å²) in [5.74, 6) is -0.213. The van der Waals surface area contributed by atoms with Crippen molar-refractivity contribution >= 4 is 5.69 Å². The van der Waals surface area contributed by atoms with Crippen LogP contribution < -0.4 is 5.32 Å². The predicted molar refractivity (Wildman–Crippen MR) is 73.9 cm³/mol. The normalized spacial score (nSPS) is 23.3. The molecule has 0 amide bonds. The van der Waals surface area contributed by atoms with Crippen molar-refractivity contribution in [3.63, 3.8) is 0 Å². The van der Waals surface area contributed by atoms with E-state index in [1.165, 1.54) is 18.6 Å². The Morgan fingerprint density at radius 3 is 2.68 bits per heavy atom. The van der Waals surface area contributed by atoms with E-state index >= 15 is 0 Å². The molecular weight excluding hydrogens is 245 g/mol. The van der Waals surface area contributed by atoms with Crippen molar-refractivity contribution in [3.05, 3.63) is 30.1 Å². The van der Waals surface area contributed by atoms with Crippen LogP contribution in [0.25, 0.3) is 0 Å². The number of nitrogens with one attached hydrogen (secondary N) is 1. The van der Waals surface area contributed by atoms with E-state index in [1.807, 2.05) is 0 Å². The Kier molecular flexibility index (Phi) is 5.61. The van der Waals surface area contributed by atoms with E-state index in [-0.39, 0.29) is 5.82 Å². The average Bonchev–Trinajstić information content (AvgIpc) is 2.46. The Hall–Kier alpha value is -1.13. The third kappa shape index (κ3) is 4.80. The van der Waals surface area contributed by atoms with Crippen LogP contribution in [-0.2, 0) is 9.47 Å². The molecule has 106 valence electrons. The lowest BCUT2D eigenvalue weighted by Gasteiger charge is -2.28. The van der Waals surface area contributed by atoms with E-state index in [4.69, 9.17) is 9.47 Å². The third-order valence-electron chi connectivity index (χ3n) is 3.54. The molecule has 0 aromatic heterocycles. The molecule has 1 aromatic carbocycles. The first kappa shape index (κ1) is 14.3. The number of anilines is 1. The van der Waals surface area contributed by atoms with E-state index in [1.54, 1.807) is 19.2 Å². The van der Waals surface area contributed by atoms with Crippen molar-refractivity contribution in [2.75, 3.05) is 25.6 Å². The zero-order valence-electron chi connectivity index (χ0n) is 11.4. The van der Waals surface area contributed by atoms with Gasteiger partial charge in [0, 0.05) is 19.3 Å². The predicted octanol–water partition coefficient (Wildman–Crippen LogP) is 3.21. The van der Waals surface area contributed by atoms with Gasteiger partial charge in [-0.25, -0.2) is 4.39 Å². The molecule has 1 N–H and O–H groups in total. The molecule has 3 nitrogen and oxygen atoms in total. The van der Waals surface area contributed by atoms with Crippen molar-refractivity contribution in [2.24, 2.45) is 0 Å². The van der Waals surface area contributed by atoms with Crippen LogP contribution in [0.3, 0.4) is 0 Å². The minimum absolute atomic E-state index is 0.213. The lowest BCUT2D eigenvalue weighted by molar-refractivity contribution is -0.0261. The maximum Gasteiger partial charge on any atom is 0.123 e. The Bertz CT molecular complexity index is 369. The summed E-state index contributed by atoms with van der Waals surface area (Å²) in [6.45, 7) is 1.40. The van der Waals surface area contributed by atoms with Crippen molar-refractivity contribution in [3.8, 4) is 0 Å². The Balaban J connectivity index is 1.62. The maximum atomic E-state index is 12.7. The van der Waals surface area contributed by atoms with Gasteiger partial charge in [-0.15, -0.1) is 0 Å². The Morgan fingerprint density at radius 2 is 1.95 bits per heavy atom. The van der Waals surface area contributed by atoms with E-state index in [0.29, 0.717) is 18.8 Å². The van der Waals surface area contributed by atoms with Crippen molar-refractivity contribution in [1.29, 1.82) is 0 Å². The van der Waals surface area contributed by atoms with Crippen LogP contribution in [0.4, 0.5) is 10.1 Å². The van der Waals surface area contributed by atoms with Crippen LogP contribution in [0.2, 0.25) is 0 Å². The molecule has 1 fully saturated rings. The summed E-state index contributed by atoms with van der Waals surface area (Å²) in [6, 6.07) is 6.37. The summed E-state index contributed by atoms with van der Waals surface area (Å²) in [4.78, 5) is 0. The fourth-order valence-electron chi connectivity index (χ4n) is 2.46. The number of benzene rings is 1. The molecule has 0 aliphatic heterocycles. The second kappa shape index (κ2) is 7.46. The van der Waals surface area contributed by atoms with Gasteiger partial charge in [-0.05, 0) is 49.9 Å². The Labute approximate surface area is 114 Å². The smallest absolute Gasteiger partial charge is 0.123 e. The molecule has 1 aromatic rings. The number of rotatable bonds is 6. The molecule has 0 radical (unpaired) electrons. The molecule has 19 heavy (non-hydrogen) atoms. The lowest BCUT2D eigenvalue weighted by Crippen LogP contribution is -2.28. The molecule has 1 aliphatic rings. The Morgan fingerprint density at radius 1 is 1.21 bits per heavy atom. The van der Waals surface area contributed by atoms with Gasteiger partial charge in [0.05, 0.1) is 18.8 Å². The maximum absolute atomic E-state index is 12.7. The van der Waals surface area contributed by atoms with Crippen LogP contribution in [-0.4, -0.2) is 32.5 Å². The molecule has 2 rings (SSSR count). The highest BCUT2D eigenvalue weighted by Gasteiger charge is 2.21. The van der Waals surface area contributed by atoms with Crippen molar-refractivity contribution in [2.45, 2.75) is 37.9 Å². The van der Waals surface area contributed by atoms with Gasteiger partial charge >= 0.3 is 0 Å². The summed E-state index contributed by atoms with van der Waals surface area (Å²) >= 11 is 0. The average molecular weight is 267 g/mol. The van der Waals surface area contributed by atoms with E-state index in [0.717, 1.165) is 31.5 Å². The number of hydrogen-bond donors (Lipinski definition) is 1. The first-order valence-electron chi connectivity index (χ1n) is 6.92. The number of hydrogen-bond acceptors (Lipinski definition) is 3. The first-order chi connectivity index (χ1) is 9.28. The van der Waals surface area contributed by atoms with Crippen LogP contribution >= 0.6 is 0 Å². The van der Waals surface area contributed by atoms with Crippen molar-refractivity contribution in [1.82, 2.24) is 0 Å². The third-order valence-corrected chi connectivity index (χ3v) is 3.54. The monoisotopic (exact) mass is 267 g/mol. The van der Waals surface area contributed by atoms with Gasteiger partial charge in [-0.2, -0.15) is 0 Å². The largest absolute Gasteiger partial charge is 0.383 e. The fraction of sp³-hybridized carbons (Fsp3) is 0.600. The minimum Gasteiger partial charge on any atom is -0.383 e. The van der Waals surface area contributed by atoms with Gasteiger partial charge in [-0.3, -0.25) is 0 Å². The second-order valence-electron chi connectivity index (χ2n) is 4.95. The highest BCUT2D eigenvalue weighted by atomic mass is 19.1. The number of ether oxygens (including phenoxy) is 2. The van der Waals surface area contributed by atoms with E-state index < -0.39 is 0 Å². The lowest BCUT2D eigenvalue weighted by atomic mass is 9.95. The first-order valence-corrected chi connectivity index (χ1v) is 6.92. The molecular formula is C15H22FNO2. The zero-order valence-corrected chi connectivity index (χ0v) is 11.4. The van der Waals surface area contributed by atoms with Crippen LogP contribution in [0.15, 0.2) is 24.3 Å². The zero-order chi connectivity index (χ0) is 13.5. The van der Waals surface area contributed by atoms with E-state index in [9.17, 15) is 4.39 Å².